The fraction of sp³-hybridized carbons (Fsp3) is 0.600. The van der Waals surface area contributed by atoms with Gasteiger partial charge in [-0.15, -0.1) is 0 Å². The molecule has 0 amide bonds. The Kier molecular flexibility index (Phi) is 22.5. The predicted molar refractivity (Wildman–Crippen MR) is 257 cm³/mol. The van der Waals surface area contributed by atoms with Gasteiger partial charge in [0.1, 0.15) is 23.8 Å². The molecule has 2 aliphatic carbocycles. The minimum atomic E-state index is -0.587. The van der Waals surface area contributed by atoms with E-state index in [1.165, 1.54) is 108 Å². The maximum Gasteiger partial charge on any atom is 0.341 e. The number of hydrogen-bond acceptors (Lipinski definition) is 8. The van der Waals surface area contributed by atoms with Gasteiger partial charge in [0, 0.05) is 35.9 Å². The van der Waals surface area contributed by atoms with Crippen LogP contribution in [-0.2, 0) is 22.3 Å². The van der Waals surface area contributed by atoms with Crippen molar-refractivity contribution in [2.24, 2.45) is 11.8 Å². The van der Waals surface area contributed by atoms with Crippen molar-refractivity contribution in [2.45, 2.75) is 200 Å². The standard InChI is InChI=1S/C28H39FN2O2.C27H37FN2O2/c1-3-5-7-9-10-21-12-15-24(16-13-21)33-28(32)25-17-14-23(18-26(25)29)27-30-19-22(20-31-27)11-8-6-4-2;1-3-5-7-9-20-11-14-23(15-12-20)32-27(31)24-16-13-22(17-25(24)28)26-29-18-21(19-30-26)10-8-6-4-2/h14,17-21,24H,3-13,15-16H2,1-2H3;13,16-20,23H,3-12,14-15H2,1-2H3. The van der Waals surface area contributed by atoms with Crippen LogP contribution in [-0.4, -0.2) is 44.1 Å². The molecule has 65 heavy (non-hydrogen) atoms. The minimum Gasteiger partial charge on any atom is -0.459 e. The Morgan fingerprint density at radius 2 is 0.846 bits per heavy atom. The Morgan fingerprint density at radius 1 is 0.492 bits per heavy atom. The highest BCUT2D eigenvalue weighted by molar-refractivity contribution is 5.91. The molecule has 354 valence electrons. The van der Waals surface area contributed by atoms with E-state index in [4.69, 9.17) is 9.47 Å². The van der Waals surface area contributed by atoms with E-state index in [0.29, 0.717) is 22.8 Å². The molecule has 6 rings (SSSR count). The van der Waals surface area contributed by atoms with Crippen molar-refractivity contribution in [3.8, 4) is 22.8 Å². The lowest BCUT2D eigenvalue weighted by Crippen LogP contribution is -2.25. The van der Waals surface area contributed by atoms with Crippen molar-refractivity contribution in [1.82, 2.24) is 19.9 Å². The summed E-state index contributed by atoms with van der Waals surface area (Å²) in [7, 11) is 0. The Morgan fingerprint density at radius 3 is 1.22 bits per heavy atom. The van der Waals surface area contributed by atoms with Crippen LogP contribution in [0.1, 0.15) is 207 Å². The second kappa shape index (κ2) is 28.4. The zero-order valence-corrected chi connectivity index (χ0v) is 39.9. The average molecular weight is 895 g/mol. The monoisotopic (exact) mass is 895 g/mol. The summed E-state index contributed by atoms with van der Waals surface area (Å²) in [5, 5.41) is 0. The van der Waals surface area contributed by atoms with Crippen LogP contribution in [0, 0.1) is 23.5 Å². The molecule has 0 aliphatic heterocycles. The van der Waals surface area contributed by atoms with Gasteiger partial charge in [0.05, 0.1) is 11.1 Å². The highest BCUT2D eigenvalue weighted by Gasteiger charge is 2.27. The van der Waals surface area contributed by atoms with E-state index in [2.05, 4.69) is 47.6 Å². The number of esters is 2. The first-order valence-electron chi connectivity index (χ1n) is 25.3. The Balaban J connectivity index is 0.000000244. The van der Waals surface area contributed by atoms with Crippen molar-refractivity contribution in [1.29, 1.82) is 0 Å². The summed E-state index contributed by atoms with van der Waals surface area (Å²) in [5.74, 6) is 0.0913. The number of halogens is 2. The summed E-state index contributed by atoms with van der Waals surface area (Å²) in [6.45, 7) is 8.80. The number of hydrogen-bond donors (Lipinski definition) is 0. The van der Waals surface area contributed by atoms with Gasteiger partial charge in [0.2, 0.25) is 0 Å². The molecule has 2 aliphatic rings. The van der Waals surface area contributed by atoms with Crippen molar-refractivity contribution < 1.29 is 27.8 Å². The molecule has 0 atom stereocenters. The van der Waals surface area contributed by atoms with Crippen molar-refractivity contribution >= 4 is 11.9 Å². The number of rotatable bonds is 23. The molecule has 10 heteroatoms. The lowest BCUT2D eigenvalue weighted by Gasteiger charge is -2.28. The molecule has 2 fully saturated rings. The van der Waals surface area contributed by atoms with Crippen molar-refractivity contribution in [2.75, 3.05) is 0 Å². The van der Waals surface area contributed by atoms with Gasteiger partial charge in [-0.25, -0.2) is 38.3 Å². The summed E-state index contributed by atoms with van der Waals surface area (Å²) >= 11 is 0. The van der Waals surface area contributed by atoms with Crippen LogP contribution in [0.5, 0.6) is 0 Å². The smallest absolute Gasteiger partial charge is 0.341 e. The van der Waals surface area contributed by atoms with Crippen LogP contribution in [0.25, 0.3) is 22.8 Å². The maximum absolute atomic E-state index is 14.7. The maximum atomic E-state index is 14.7. The van der Waals surface area contributed by atoms with E-state index in [-0.39, 0.29) is 23.3 Å². The minimum absolute atomic E-state index is 0.0170. The number of benzene rings is 2. The molecule has 2 aromatic heterocycles. The Hall–Kier alpha value is -4.60. The second-order valence-corrected chi connectivity index (χ2v) is 18.6. The van der Waals surface area contributed by atoms with E-state index < -0.39 is 23.6 Å². The molecule has 0 unspecified atom stereocenters. The fourth-order valence-electron chi connectivity index (χ4n) is 9.11. The predicted octanol–water partition coefficient (Wildman–Crippen LogP) is 15.0. The first-order valence-corrected chi connectivity index (χ1v) is 25.3. The van der Waals surface area contributed by atoms with Gasteiger partial charge in [0.25, 0.3) is 0 Å². The molecule has 0 saturated heterocycles. The number of aromatic nitrogens is 4. The first-order chi connectivity index (χ1) is 31.7. The largest absolute Gasteiger partial charge is 0.459 e. The van der Waals surface area contributed by atoms with Gasteiger partial charge < -0.3 is 9.47 Å². The summed E-state index contributed by atoms with van der Waals surface area (Å²) in [4.78, 5) is 42.6. The van der Waals surface area contributed by atoms with Gasteiger partial charge in [-0.3, -0.25) is 0 Å². The number of nitrogens with zero attached hydrogens (tertiary/aromatic N) is 4. The van der Waals surface area contributed by atoms with Gasteiger partial charge in [0.15, 0.2) is 11.6 Å². The highest BCUT2D eigenvalue weighted by Crippen LogP contribution is 2.32. The summed E-state index contributed by atoms with van der Waals surface area (Å²) in [6.07, 6.45) is 35.3. The van der Waals surface area contributed by atoms with Crippen LogP contribution in [0.4, 0.5) is 8.78 Å². The number of ether oxygens (including phenoxy) is 2. The summed E-state index contributed by atoms with van der Waals surface area (Å²) < 4.78 is 40.7. The Labute approximate surface area is 388 Å². The van der Waals surface area contributed by atoms with Gasteiger partial charge >= 0.3 is 11.9 Å². The molecule has 2 aromatic carbocycles. The highest BCUT2D eigenvalue weighted by atomic mass is 19.1. The SMILES string of the molecule is CCCCCCC1CCC(OC(=O)c2ccc(-c3ncc(CCCCC)cn3)cc2F)CC1.CCCCCc1cnc(-c2ccc(C(=O)OC3CCC(CCCCC)CC3)c(F)c2)nc1. The van der Waals surface area contributed by atoms with E-state index in [9.17, 15) is 18.4 Å². The van der Waals surface area contributed by atoms with Crippen LogP contribution < -0.4 is 0 Å². The molecule has 4 aromatic rings. The van der Waals surface area contributed by atoms with E-state index >= 15 is 0 Å². The van der Waals surface area contributed by atoms with E-state index in [0.717, 1.165) is 100 Å². The zero-order chi connectivity index (χ0) is 46.2. The van der Waals surface area contributed by atoms with E-state index in [1.807, 2.05) is 0 Å². The molecule has 0 bridgehead atoms. The lowest BCUT2D eigenvalue weighted by atomic mass is 9.84. The van der Waals surface area contributed by atoms with E-state index in [1.54, 1.807) is 36.9 Å². The van der Waals surface area contributed by atoms with Crippen LogP contribution in [0.15, 0.2) is 61.2 Å². The molecule has 2 heterocycles. The molecule has 0 N–H and O–H groups in total. The summed E-state index contributed by atoms with van der Waals surface area (Å²) in [5.41, 5.74) is 3.26. The molecule has 2 saturated carbocycles. The second-order valence-electron chi connectivity index (χ2n) is 18.6. The molecular formula is C55H76F2N4O4. The third-order valence-electron chi connectivity index (χ3n) is 13.3. The molecule has 8 nitrogen and oxygen atoms in total. The van der Waals surface area contributed by atoms with Gasteiger partial charge in [-0.05, 0) is 124 Å². The number of carbonyl (C=O) groups excluding carboxylic acids is 2. The van der Waals surface area contributed by atoms with Gasteiger partial charge in [-0.1, -0.05) is 123 Å². The number of carbonyl (C=O) groups is 2. The molecular weight excluding hydrogens is 819 g/mol. The average Bonchev–Trinajstić information content (AvgIpc) is 3.32. The topological polar surface area (TPSA) is 104 Å². The Bertz CT molecular complexity index is 1990. The fourth-order valence-corrected chi connectivity index (χ4v) is 9.11. The third-order valence-corrected chi connectivity index (χ3v) is 13.3. The van der Waals surface area contributed by atoms with Crippen LogP contribution >= 0.6 is 0 Å². The first kappa shape index (κ1) is 51.4. The normalized spacial score (nSPS) is 18.4. The molecule has 0 radical (unpaired) electrons. The zero-order valence-electron chi connectivity index (χ0n) is 39.9. The van der Waals surface area contributed by atoms with Crippen LogP contribution in [0.2, 0.25) is 0 Å². The van der Waals surface area contributed by atoms with Crippen molar-refractivity contribution in [3.63, 3.8) is 0 Å². The quantitative estimate of drug-likeness (QED) is 0.0536. The third kappa shape index (κ3) is 17.3. The van der Waals surface area contributed by atoms with Gasteiger partial charge in [-0.2, -0.15) is 0 Å². The van der Waals surface area contributed by atoms with Crippen molar-refractivity contribution in [3.05, 3.63) is 95.1 Å². The van der Waals surface area contributed by atoms with Crippen LogP contribution in [0.3, 0.4) is 0 Å². The number of unbranched alkanes of at least 4 members (excludes halogenated alkanes) is 9. The summed E-state index contributed by atoms with van der Waals surface area (Å²) in [6, 6.07) is 9.02. The lowest BCUT2D eigenvalue weighted by molar-refractivity contribution is 0.0147. The molecule has 0 spiro atoms. The number of aryl methyl sites for hydroxylation is 2.